The molecular weight excluding hydrogens is 186 g/mol. The van der Waals surface area contributed by atoms with Gasteiger partial charge in [0.15, 0.2) is 0 Å². The number of carbonyl (C=O) groups is 1. The Morgan fingerprint density at radius 1 is 1.14 bits per heavy atom. The fourth-order valence-corrected chi connectivity index (χ4v) is 0. The summed E-state index contributed by atoms with van der Waals surface area (Å²) in [5, 5.41) is 13.9. The zero-order valence-corrected chi connectivity index (χ0v) is 3.92. The van der Waals surface area contributed by atoms with Crippen molar-refractivity contribution in [2.45, 2.75) is 0 Å². The van der Waals surface area contributed by atoms with Crippen LogP contribution in [0.4, 0.5) is 4.79 Å². The van der Waals surface area contributed by atoms with Gasteiger partial charge in [-0.1, -0.05) is 0 Å². The Hall–Kier alpha value is 1.75. The van der Waals surface area contributed by atoms with Gasteiger partial charge in [-0.25, -0.2) is 4.79 Å². The fourth-order valence-electron chi connectivity index (χ4n) is 0. The molecule has 0 atom stereocenters. The zero-order chi connectivity index (χ0) is 3.58. The maximum absolute atomic E-state index is 8.56. The number of carboxylic acid groups (broad SMARTS) is 2. The number of hydrogen-bond acceptors (Lipinski definition) is 1. The van der Waals surface area contributed by atoms with E-state index in [4.69, 9.17) is 15.0 Å². The molecule has 0 bridgehead atoms. The van der Waals surface area contributed by atoms with E-state index in [2.05, 4.69) is 0 Å². The summed E-state index contributed by atoms with van der Waals surface area (Å²) < 4.78 is 0. The fraction of sp³-hybridized carbons (Fsp3) is 0. The molecule has 0 unspecified atom stereocenters. The van der Waals surface area contributed by atoms with Crippen LogP contribution >= 0.6 is 17.0 Å². The average molecular weight is 191 g/mol. The van der Waals surface area contributed by atoms with Gasteiger partial charge in [-0.2, -0.15) is 0 Å². The molecule has 0 saturated heterocycles. The van der Waals surface area contributed by atoms with Gasteiger partial charge in [0.05, 0.1) is 0 Å². The Morgan fingerprint density at radius 3 is 1.14 bits per heavy atom. The monoisotopic (exact) mass is 190 g/mol. The van der Waals surface area contributed by atoms with Crippen LogP contribution < -0.4 is 0 Å². The van der Waals surface area contributed by atoms with Crippen LogP contribution in [0.15, 0.2) is 0 Å². The van der Waals surface area contributed by atoms with Crippen LogP contribution in [-0.2, 0) is 0 Å². The van der Waals surface area contributed by atoms with E-state index in [1.165, 1.54) is 0 Å². The predicted molar refractivity (Wildman–Crippen MR) is 35.3 cm³/mol. The van der Waals surface area contributed by atoms with Gasteiger partial charge in [-0.3, -0.25) is 0 Å². The van der Waals surface area contributed by atoms with Gasteiger partial charge in [0.25, 0.3) is 0 Å². The third-order valence-electron chi connectivity index (χ3n) is 0. The van der Waals surface area contributed by atoms with E-state index in [1.54, 1.807) is 0 Å². The van der Waals surface area contributed by atoms with Crippen molar-refractivity contribution in [1.82, 2.24) is 0 Å². The summed E-state index contributed by atoms with van der Waals surface area (Å²) in [4.78, 5) is 8.56. The molecule has 0 aromatic heterocycles. The van der Waals surface area contributed by atoms with E-state index < -0.39 is 6.16 Å². The molecule has 0 aromatic rings. The Balaban J connectivity index is -0.0000000150. The van der Waals surface area contributed by atoms with Crippen molar-refractivity contribution in [3.63, 3.8) is 0 Å². The Bertz CT molecular complexity index is 35.9. The third-order valence-corrected chi connectivity index (χ3v) is 0. The van der Waals surface area contributed by atoms with Crippen molar-refractivity contribution < 1.29 is 15.0 Å². The van der Waals surface area contributed by atoms with Crippen LogP contribution in [-0.4, -0.2) is 75.5 Å². The molecule has 0 heterocycles. The van der Waals surface area contributed by atoms with E-state index in [0.717, 1.165) is 0 Å². The van der Waals surface area contributed by atoms with Crippen molar-refractivity contribution in [2.24, 2.45) is 0 Å². The molecule has 0 aliphatic carbocycles. The van der Waals surface area contributed by atoms with Gasteiger partial charge in [-0.15, -0.1) is 17.0 Å². The molecule has 0 radical (unpaired) electrons. The summed E-state index contributed by atoms with van der Waals surface area (Å²) in [5.74, 6) is 0. The van der Waals surface area contributed by atoms with E-state index in [9.17, 15) is 0 Å². The normalized spacial score (nSPS) is 3.43. The minimum absolute atomic E-state index is 0. The maximum atomic E-state index is 8.56. The molecule has 0 aromatic carbocycles. The summed E-state index contributed by atoms with van der Waals surface area (Å²) in [6.07, 6.45) is -1.83. The van der Waals surface area contributed by atoms with Gasteiger partial charge >= 0.3 is 65.3 Å². The molecule has 6 heteroatoms. The molecule has 0 rings (SSSR count). The van der Waals surface area contributed by atoms with Gasteiger partial charge in [0, 0.05) is 0 Å². The Labute approximate surface area is 95.8 Å². The molecule has 0 aliphatic heterocycles. The molecule has 7 heavy (non-hydrogen) atoms. The quantitative estimate of drug-likeness (QED) is 0.507. The van der Waals surface area contributed by atoms with Crippen LogP contribution in [0, 0.1) is 0 Å². The molecule has 0 fully saturated rings. The van der Waals surface area contributed by atoms with Crippen molar-refractivity contribution in [3.8, 4) is 0 Å². The summed E-state index contributed by atoms with van der Waals surface area (Å²) in [6, 6.07) is 0. The molecule has 0 amide bonds. The number of halogens is 1. The van der Waals surface area contributed by atoms with Crippen LogP contribution in [0.5, 0.6) is 0 Å². The van der Waals surface area contributed by atoms with E-state index in [1.807, 2.05) is 0 Å². The first-order valence-corrected chi connectivity index (χ1v) is 0.651. The van der Waals surface area contributed by atoms with Gasteiger partial charge in [-0.05, 0) is 0 Å². The standard InChI is InChI=1S/CH2O3.BrH.2Na.2H/c2-1(3)4;;;;;/h(H2,2,3,4);1H;;;;. The second-order valence-corrected chi connectivity index (χ2v) is 0.283. The van der Waals surface area contributed by atoms with Crippen molar-refractivity contribution in [3.05, 3.63) is 0 Å². The molecule has 3 nitrogen and oxygen atoms in total. The van der Waals surface area contributed by atoms with Gasteiger partial charge in [0.2, 0.25) is 0 Å². The van der Waals surface area contributed by atoms with Crippen LogP contribution in [0.25, 0.3) is 0 Å². The zero-order valence-electron chi connectivity index (χ0n) is 2.21. The van der Waals surface area contributed by atoms with Crippen LogP contribution in [0.1, 0.15) is 0 Å². The van der Waals surface area contributed by atoms with Gasteiger partial charge in [0.1, 0.15) is 0 Å². The number of hydrogen-bond donors (Lipinski definition) is 2. The van der Waals surface area contributed by atoms with E-state index >= 15 is 0 Å². The Kier molecular flexibility index (Phi) is 52.1. The molecule has 0 aliphatic rings. The third kappa shape index (κ3) is 83.7. The van der Waals surface area contributed by atoms with E-state index in [-0.39, 0.29) is 76.1 Å². The summed E-state index contributed by atoms with van der Waals surface area (Å²) >= 11 is 0. The molecule has 2 N–H and O–H groups in total. The van der Waals surface area contributed by atoms with Crippen LogP contribution in [0.3, 0.4) is 0 Å². The second-order valence-electron chi connectivity index (χ2n) is 0.283. The van der Waals surface area contributed by atoms with Crippen molar-refractivity contribution in [1.29, 1.82) is 0 Å². The summed E-state index contributed by atoms with van der Waals surface area (Å²) in [7, 11) is 0. The second kappa shape index (κ2) is 15.7. The Morgan fingerprint density at radius 2 is 1.14 bits per heavy atom. The molecule has 0 saturated carbocycles. The molecular formula is CH5BrNa2O3. The van der Waals surface area contributed by atoms with Gasteiger partial charge < -0.3 is 10.2 Å². The SMILES string of the molecule is Br.O=C(O)O.[NaH].[NaH]. The number of rotatable bonds is 0. The van der Waals surface area contributed by atoms with Crippen molar-refractivity contribution >= 4 is 82.3 Å². The first-order valence-electron chi connectivity index (χ1n) is 0.651. The first-order chi connectivity index (χ1) is 1.73. The average Bonchev–Trinajstić information content (AvgIpc) is 0.811. The minimum atomic E-state index is -1.83. The molecule has 36 valence electrons. The predicted octanol–water partition coefficient (Wildman–Crippen LogP) is -0.497. The molecule has 0 spiro atoms. The van der Waals surface area contributed by atoms with Crippen LogP contribution in [0.2, 0.25) is 0 Å². The first kappa shape index (κ1) is 23.3. The summed E-state index contributed by atoms with van der Waals surface area (Å²) in [5.41, 5.74) is 0. The topological polar surface area (TPSA) is 57.5 Å². The summed E-state index contributed by atoms with van der Waals surface area (Å²) in [6.45, 7) is 0. The van der Waals surface area contributed by atoms with E-state index in [0.29, 0.717) is 0 Å². The van der Waals surface area contributed by atoms with Crippen molar-refractivity contribution in [2.75, 3.05) is 0 Å².